The Balaban J connectivity index is 1.54. The highest BCUT2D eigenvalue weighted by Crippen LogP contribution is 2.13. The second-order valence-corrected chi connectivity index (χ2v) is 5.21. The molecule has 2 fully saturated rings. The molecule has 0 radical (unpaired) electrons. The van der Waals surface area contributed by atoms with E-state index in [1.807, 2.05) is 0 Å². The summed E-state index contributed by atoms with van der Waals surface area (Å²) in [6.07, 6.45) is 5.57. The van der Waals surface area contributed by atoms with E-state index in [0.717, 1.165) is 26.0 Å². The van der Waals surface area contributed by atoms with Gasteiger partial charge in [0.25, 0.3) is 5.91 Å². The molecule has 0 aliphatic carbocycles. The maximum Gasteiger partial charge on any atom is 0.274 e. The standard InChI is InChI=1S/C14H20N4O3/c19-14(18-3-6-20-7-4-18)12-9-17-13(10-15-12)16-8-11-2-1-5-21-11/h9-11H,1-8H2,(H,16,17). The van der Waals surface area contributed by atoms with Crippen LogP contribution in [-0.4, -0.2) is 66.3 Å². The van der Waals surface area contributed by atoms with Gasteiger partial charge >= 0.3 is 0 Å². The molecule has 3 rings (SSSR count). The van der Waals surface area contributed by atoms with Gasteiger partial charge < -0.3 is 19.7 Å². The molecule has 2 saturated heterocycles. The topological polar surface area (TPSA) is 76.6 Å². The number of rotatable bonds is 4. The molecule has 1 amide bonds. The normalized spacial score (nSPS) is 22.3. The van der Waals surface area contributed by atoms with E-state index in [-0.39, 0.29) is 12.0 Å². The van der Waals surface area contributed by atoms with Crippen LogP contribution in [0, 0.1) is 0 Å². The number of morpholine rings is 1. The van der Waals surface area contributed by atoms with E-state index in [0.29, 0.717) is 37.8 Å². The van der Waals surface area contributed by atoms with Crippen LogP contribution < -0.4 is 5.32 Å². The number of amides is 1. The summed E-state index contributed by atoms with van der Waals surface area (Å²) in [4.78, 5) is 22.4. The van der Waals surface area contributed by atoms with Crippen molar-refractivity contribution in [3.8, 4) is 0 Å². The Morgan fingerprint density at radius 2 is 2.14 bits per heavy atom. The molecule has 0 saturated carbocycles. The molecule has 21 heavy (non-hydrogen) atoms. The SMILES string of the molecule is O=C(c1cnc(NCC2CCCO2)cn1)N1CCOCC1. The molecule has 0 bridgehead atoms. The number of anilines is 1. The van der Waals surface area contributed by atoms with E-state index in [4.69, 9.17) is 9.47 Å². The van der Waals surface area contributed by atoms with Crippen molar-refractivity contribution in [1.29, 1.82) is 0 Å². The highest BCUT2D eigenvalue weighted by Gasteiger charge is 2.20. The fourth-order valence-corrected chi connectivity index (χ4v) is 2.48. The lowest BCUT2D eigenvalue weighted by atomic mass is 10.2. The van der Waals surface area contributed by atoms with Gasteiger partial charge in [-0.2, -0.15) is 0 Å². The van der Waals surface area contributed by atoms with Crippen LogP contribution in [-0.2, 0) is 9.47 Å². The molecule has 7 heteroatoms. The summed E-state index contributed by atoms with van der Waals surface area (Å²) in [6.45, 7) is 3.95. The predicted octanol–water partition coefficient (Wildman–Crippen LogP) is 0.540. The number of carbonyl (C=O) groups excluding carboxylic acids is 1. The molecule has 1 unspecified atom stereocenters. The molecule has 1 N–H and O–H groups in total. The number of hydrogen-bond donors (Lipinski definition) is 1. The highest BCUT2D eigenvalue weighted by atomic mass is 16.5. The first-order chi connectivity index (χ1) is 10.3. The lowest BCUT2D eigenvalue weighted by Crippen LogP contribution is -2.41. The minimum atomic E-state index is -0.0866. The Hall–Kier alpha value is -1.73. The van der Waals surface area contributed by atoms with Gasteiger partial charge in [0.15, 0.2) is 0 Å². The first-order valence-corrected chi connectivity index (χ1v) is 7.37. The van der Waals surface area contributed by atoms with Crippen LogP contribution in [0.15, 0.2) is 12.4 Å². The lowest BCUT2D eigenvalue weighted by Gasteiger charge is -2.26. The monoisotopic (exact) mass is 292 g/mol. The Labute approximate surface area is 123 Å². The summed E-state index contributed by atoms with van der Waals surface area (Å²) in [7, 11) is 0. The van der Waals surface area contributed by atoms with E-state index in [1.165, 1.54) is 6.20 Å². The summed E-state index contributed by atoms with van der Waals surface area (Å²) in [5.74, 6) is 0.584. The summed E-state index contributed by atoms with van der Waals surface area (Å²) in [5.41, 5.74) is 0.375. The molecular weight excluding hydrogens is 272 g/mol. The van der Waals surface area contributed by atoms with Crippen LogP contribution in [0.25, 0.3) is 0 Å². The van der Waals surface area contributed by atoms with Crippen molar-refractivity contribution in [3.05, 3.63) is 18.1 Å². The summed E-state index contributed by atoms with van der Waals surface area (Å²) < 4.78 is 10.8. The van der Waals surface area contributed by atoms with Crippen LogP contribution in [0.4, 0.5) is 5.82 Å². The van der Waals surface area contributed by atoms with Gasteiger partial charge in [0, 0.05) is 26.2 Å². The molecule has 0 aromatic carbocycles. The Morgan fingerprint density at radius 1 is 1.29 bits per heavy atom. The zero-order valence-corrected chi connectivity index (χ0v) is 12.0. The van der Waals surface area contributed by atoms with Gasteiger partial charge in [0.1, 0.15) is 11.5 Å². The van der Waals surface area contributed by atoms with E-state index >= 15 is 0 Å². The minimum Gasteiger partial charge on any atom is -0.378 e. The van der Waals surface area contributed by atoms with Crippen molar-refractivity contribution in [2.75, 3.05) is 44.8 Å². The van der Waals surface area contributed by atoms with Crippen LogP contribution in [0.5, 0.6) is 0 Å². The maximum absolute atomic E-state index is 12.2. The van der Waals surface area contributed by atoms with Crippen molar-refractivity contribution in [1.82, 2.24) is 14.9 Å². The van der Waals surface area contributed by atoms with Gasteiger partial charge in [-0.3, -0.25) is 4.79 Å². The second-order valence-electron chi connectivity index (χ2n) is 5.21. The molecule has 1 atom stereocenters. The van der Waals surface area contributed by atoms with E-state index in [2.05, 4.69) is 15.3 Å². The van der Waals surface area contributed by atoms with Crippen molar-refractivity contribution >= 4 is 11.7 Å². The Kier molecular flexibility index (Phi) is 4.62. The largest absolute Gasteiger partial charge is 0.378 e. The van der Waals surface area contributed by atoms with Gasteiger partial charge in [-0.15, -0.1) is 0 Å². The van der Waals surface area contributed by atoms with Crippen molar-refractivity contribution in [3.63, 3.8) is 0 Å². The smallest absolute Gasteiger partial charge is 0.274 e. The summed E-state index contributed by atoms with van der Waals surface area (Å²) >= 11 is 0. The minimum absolute atomic E-state index is 0.0866. The van der Waals surface area contributed by atoms with Gasteiger partial charge in [-0.1, -0.05) is 0 Å². The molecular formula is C14H20N4O3. The fourth-order valence-electron chi connectivity index (χ4n) is 2.48. The quantitative estimate of drug-likeness (QED) is 0.873. The third-order valence-electron chi connectivity index (χ3n) is 3.70. The van der Waals surface area contributed by atoms with Crippen molar-refractivity contribution in [2.24, 2.45) is 0 Å². The lowest BCUT2D eigenvalue weighted by molar-refractivity contribution is 0.0298. The third kappa shape index (κ3) is 3.68. The van der Waals surface area contributed by atoms with Crippen LogP contribution in [0.1, 0.15) is 23.3 Å². The molecule has 0 spiro atoms. The van der Waals surface area contributed by atoms with E-state index in [9.17, 15) is 4.79 Å². The molecule has 3 heterocycles. The molecule has 7 nitrogen and oxygen atoms in total. The van der Waals surface area contributed by atoms with Crippen molar-refractivity contribution < 1.29 is 14.3 Å². The maximum atomic E-state index is 12.2. The average Bonchev–Trinajstić information content (AvgIpc) is 3.07. The number of nitrogens with zero attached hydrogens (tertiary/aromatic N) is 3. The number of nitrogens with one attached hydrogen (secondary N) is 1. The van der Waals surface area contributed by atoms with E-state index in [1.54, 1.807) is 11.1 Å². The van der Waals surface area contributed by atoms with Crippen LogP contribution in [0.2, 0.25) is 0 Å². The van der Waals surface area contributed by atoms with Gasteiger partial charge in [-0.25, -0.2) is 9.97 Å². The van der Waals surface area contributed by atoms with Crippen LogP contribution >= 0.6 is 0 Å². The molecule has 2 aliphatic heterocycles. The number of ether oxygens (including phenoxy) is 2. The zero-order chi connectivity index (χ0) is 14.5. The Morgan fingerprint density at radius 3 is 2.81 bits per heavy atom. The summed E-state index contributed by atoms with van der Waals surface area (Å²) in [6, 6.07) is 0. The zero-order valence-electron chi connectivity index (χ0n) is 12.0. The molecule has 1 aromatic heterocycles. The second kappa shape index (κ2) is 6.82. The third-order valence-corrected chi connectivity index (χ3v) is 3.70. The van der Waals surface area contributed by atoms with Crippen molar-refractivity contribution in [2.45, 2.75) is 18.9 Å². The summed E-state index contributed by atoms with van der Waals surface area (Å²) in [5, 5.41) is 3.19. The number of aromatic nitrogens is 2. The van der Waals surface area contributed by atoms with Gasteiger partial charge in [-0.05, 0) is 12.8 Å². The molecule has 2 aliphatic rings. The van der Waals surface area contributed by atoms with Crippen LogP contribution in [0.3, 0.4) is 0 Å². The number of carbonyl (C=O) groups is 1. The first-order valence-electron chi connectivity index (χ1n) is 7.37. The van der Waals surface area contributed by atoms with Gasteiger partial charge in [0.2, 0.25) is 0 Å². The Bertz CT molecular complexity index is 468. The predicted molar refractivity (Wildman–Crippen MR) is 76.2 cm³/mol. The average molecular weight is 292 g/mol. The van der Waals surface area contributed by atoms with Gasteiger partial charge in [0.05, 0.1) is 31.7 Å². The molecule has 1 aromatic rings. The fraction of sp³-hybridized carbons (Fsp3) is 0.643. The number of hydrogen-bond acceptors (Lipinski definition) is 6. The first kappa shape index (κ1) is 14.2. The molecule has 114 valence electrons. The highest BCUT2D eigenvalue weighted by molar-refractivity contribution is 5.92. The van der Waals surface area contributed by atoms with E-state index < -0.39 is 0 Å².